The normalized spacial score (nSPS) is 26.3. The molecule has 0 amide bonds. The molecule has 0 aromatic carbocycles. The van der Waals surface area contributed by atoms with Crippen molar-refractivity contribution >= 4 is 17.6 Å². The second-order valence-electron chi connectivity index (χ2n) is 4.24. The highest BCUT2D eigenvalue weighted by Crippen LogP contribution is 2.36. The van der Waals surface area contributed by atoms with Crippen LogP contribution in [0.5, 0.6) is 0 Å². The molecule has 1 N–H and O–H groups in total. The molecule has 1 atom stereocenters. The van der Waals surface area contributed by atoms with Crippen LogP contribution in [-0.2, 0) is 0 Å². The Morgan fingerprint density at radius 3 is 3.20 bits per heavy atom. The van der Waals surface area contributed by atoms with Crippen molar-refractivity contribution in [1.82, 2.24) is 4.90 Å². The lowest BCUT2D eigenvalue weighted by molar-refractivity contribution is 0.341. The Morgan fingerprint density at radius 1 is 1.47 bits per heavy atom. The smallest absolute Gasteiger partial charge is 0.206 e. The fourth-order valence-corrected chi connectivity index (χ4v) is 3.47. The highest BCUT2D eigenvalue weighted by Gasteiger charge is 2.24. The molecule has 0 spiro atoms. The third-order valence-electron chi connectivity index (χ3n) is 3.07. The Balaban J connectivity index is 1.61. The van der Waals surface area contributed by atoms with Crippen LogP contribution in [0.25, 0.3) is 0 Å². The quantitative estimate of drug-likeness (QED) is 0.834. The average molecular weight is 224 g/mol. The third kappa shape index (κ3) is 2.01. The fraction of sp³-hybridized carbons (Fsp3) is 0.636. The molecule has 3 heterocycles. The van der Waals surface area contributed by atoms with Gasteiger partial charge in [0.25, 0.3) is 0 Å². The molecule has 1 unspecified atom stereocenters. The van der Waals surface area contributed by atoms with Crippen molar-refractivity contribution in [3.63, 3.8) is 0 Å². The van der Waals surface area contributed by atoms with E-state index in [2.05, 4.69) is 16.3 Å². The van der Waals surface area contributed by atoms with Crippen LogP contribution in [0.15, 0.2) is 21.6 Å². The minimum Gasteiger partial charge on any atom is -0.448 e. The van der Waals surface area contributed by atoms with Gasteiger partial charge < -0.3 is 14.6 Å². The summed E-state index contributed by atoms with van der Waals surface area (Å²) in [6.07, 6.45) is 4.52. The second kappa shape index (κ2) is 4.10. The lowest BCUT2D eigenvalue weighted by Crippen LogP contribution is -2.34. The first-order valence-electron chi connectivity index (χ1n) is 5.62. The molecule has 3 rings (SSSR count). The molecular weight excluding hydrogens is 208 g/mol. The van der Waals surface area contributed by atoms with Crippen molar-refractivity contribution < 1.29 is 4.42 Å². The van der Waals surface area contributed by atoms with Gasteiger partial charge in [0.1, 0.15) is 0 Å². The number of hydrogen-bond donors (Lipinski definition) is 1. The van der Waals surface area contributed by atoms with E-state index in [9.17, 15) is 0 Å². The summed E-state index contributed by atoms with van der Waals surface area (Å²) in [5.41, 5.74) is 0. The average Bonchev–Trinajstić information content (AvgIpc) is 2.87. The molecule has 0 aliphatic carbocycles. The number of rotatable bonds is 2. The van der Waals surface area contributed by atoms with Crippen LogP contribution in [0, 0.1) is 0 Å². The molecular formula is C11H16N2OS. The van der Waals surface area contributed by atoms with Gasteiger partial charge in [-0.1, -0.05) is 0 Å². The highest BCUT2D eigenvalue weighted by atomic mass is 32.2. The third-order valence-corrected chi connectivity index (χ3v) is 4.30. The van der Waals surface area contributed by atoms with Gasteiger partial charge in [-0.15, -0.1) is 11.8 Å². The maximum atomic E-state index is 5.33. The molecule has 0 saturated carbocycles. The largest absolute Gasteiger partial charge is 0.448 e. The molecule has 0 radical (unpaired) electrons. The summed E-state index contributed by atoms with van der Waals surface area (Å²) in [5.74, 6) is 0.956. The number of furan rings is 1. The number of likely N-dealkylation sites (tertiary alicyclic amines) is 1. The van der Waals surface area contributed by atoms with E-state index in [0.29, 0.717) is 5.25 Å². The predicted octanol–water partition coefficient (Wildman–Crippen LogP) is 2.26. The number of nitrogens with zero attached hydrogens (tertiary/aromatic N) is 1. The molecule has 82 valence electrons. The van der Waals surface area contributed by atoms with Crippen LogP contribution < -0.4 is 5.32 Å². The lowest BCUT2D eigenvalue weighted by Gasteiger charge is -2.26. The Bertz CT molecular complexity index is 333. The Morgan fingerprint density at radius 2 is 2.33 bits per heavy atom. The number of fused-ring (bicyclic) bond motifs is 1. The monoisotopic (exact) mass is 224 g/mol. The van der Waals surface area contributed by atoms with Gasteiger partial charge in [-0.05, 0) is 32.0 Å². The van der Waals surface area contributed by atoms with Gasteiger partial charge in [0.05, 0.1) is 11.2 Å². The predicted molar refractivity (Wildman–Crippen MR) is 62.5 cm³/mol. The molecule has 2 aliphatic rings. The van der Waals surface area contributed by atoms with Gasteiger partial charge >= 0.3 is 0 Å². The van der Waals surface area contributed by atoms with Crippen LogP contribution in [0.4, 0.5) is 5.88 Å². The SMILES string of the molecule is c1cc2c(o1)NCC(CN1CCCC1)S2. The topological polar surface area (TPSA) is 28.4 Å². The van der Waals surface area contributed by atoms with Crippen LogP contribution in [0.1, 0.15) is 12.8 Å². The second-order valence-corrected chi connectivity index (χ2v) is 5.58. The summed E-state index contributed by atoms with van der Waals surface area (Å²) < 4.78 is 5.33. The van der Waals surface area contributed by atoms with E-state index in [1.54, 1.807) is 6.26 Å². The zero-order valence-electron chi connectivity index (χ0n) is 8.74. The minimum absolute atomic E-state index is 0.674. The summed E-state index contributed by atoms with van der Waals surface area (Å²) in [5, 5.41) is 4.03. The van der Waals surface area contributed by atoms with E-state index in [1.165, 1.54) is 37.4 Å². The van der Waals surface area contributed by atoms with Gasteiger partial charge in [-0.25, -0.2) is 0 Å². The summed E-state index contributed by atoms with van der Waals surface area (Å²) in [7, 11) is 0. The van der Waals surface area contributed by atoms with Crippen LogP contribution >= 0.6 is 11.8 Å². The van der Waals surface area contributed by atoms with Gasteiger partial charge in [0.2, 0.25) is 5.88 Å². The Hall–Kier alpha value is -0.610. The van der Waals surface area contributed by atoms with Gasteiger partial charge in [-0.3, -0.25) is 0 Å². The molecule has 2 aliphatic heterocycles. The van der Waals surface area contributed by atoms with Crippen molar-refractivity contribution in [2.24, 2.45) is 0 Å². The molecule has 1 aromatic heterocycles. The van der Waals surface area contributed by atoms with Crippen molar-refractivity contribution in [2.45, 2.75) is 23.0 Å². The minimum atomic E-state index is 0.674. The number of thioether (sulfide) groups is 1. The Labute approximate surface area is 94.2 Å². The summed E-state index contributed by atoms with van der Waals surface area (Å²) in [6, 6.07) is 2.06. The Kier molecular flexibility index (Phi) is 2.63. The van der Waals surface area contributed by atoms with Crippen LogP contribution in [0.2, 0.25) is 0 Å². The fourth-order valence-electron chi connectivity index (χ4n) is 2.30. The van der Waals surface area contributed by atoms with Crippen molar-refractivity contribution in [1.29, 1.82) is 0 Å². The standard InChI is InChI=1S/C11H16N2OS/c1-2-5-13(4-1)8-9-7-12-11-10(15-9)3-6-14-11/h3,6,9,12H,1-2,4-5,7-8H2. The van der Waals surface area contributed by atoms with Crippen molar-refractivity contribution in [3.05, 3.63) is 12.3 Å². The van der Waals surface area contributed by atoms with Gasteiger partial charge in [0, 0.05) is 18.3 Å². The first-order chi connectivity index (χ1) is 7.42. The highest BCUT2D eigenvalue weighted by molar-refractivity contribution is 8.00. The van der Waals surface area contributed by atoms with E-state index in [0.717, 1.165) is 12.4 Å². The summed E-state index contributed by atoms with van der Waals surface area (Å²) in [6.45, 7) is 4.81. The van der Waals surface area contributed by atoms with Crippen LogP contribution in [0.3, 0.4) is 0 Å². The molecule has 4 heteroatoms. The zero-order chi connectivity index (χ0) is 10.1. The zero-order valence-corrected chi connectivity index (χ0v) is 9.55. The maximum Gasteiger partial charge on any atom is 0.206 e. The van der Waals surface area contributed by atoms with Gasteiger partial charge in [0.15, 0.2) is 0 Å². The van der Waals surface area contributed by atoms with E-state index in [1.807, 2.05) is 11.8 Å². The van der Waals surface area contributed by atoms with Crippen molar-refractivity contribution in [2.75, 3.05) is 31.5 Å². The first kappa shape index (κ1) is 9.60. The summed E-state index contributed by atoms with van der Waals surface area (Å²) in [4.78, 5) is 3.84. The number of hydrogen-bond acceptors (Lipinski definition) is 4. The van der Waals surface area contributed by atoms with E-state index in [4.69, 9.17) is 4.42 Å². The molecule has 1 saturated heterocycles. The number of anilines is 1. The molecule has 1 aromatic rings. The van der Waals surface area contributed by atoms with Crippen molar-refractivity contribution in [3.8, 4) is 0 Å². The van der Waals surface area contributed by atoms with E-state index < -0.39 is 0 Å². The maximum absolute atomic E-state index is 5.33. The molecule has 15 heavy (non-hydrogen) atoms. The molecule has 1 fully saturated rings. The van der Waals surface area contributed by atoms with E-state index >= 15 is 0 Å². The summed E-state index contributed by atoms with van der Waals surface area (Å²) >= 11 is 1.95. The van der Waals surface area contributed by atoms with Crippen LogP contribution in [-0.4, -0.2) is 36.3 Å². The van der Waals surface area contributed by atoms with E-state index in [-0.39, 0.29) is 0 Å². The first-order valence-corrected chi connectivity index (χ1v) is 6.50. The molecule has 0 bridgehead atoms. The number of nitrogens with one attached hydrogen (secondary N) is 1. The lowest BCUT2D eigenvalue weighted by atomic mass is 10.3. The molecule has 3 nitrogen and oxygen atoms in total. The van der Waals surface area contributed by atoms with Gasteiger partial charge in [-0.2, -0.15) is 0 Å².